The van der Waals surface area contributed by atoms with Crippen molar-refractivity contribution >= 4 is 45.8 Å². The molecule has 0 fully saturated rings. The van der Waals surface area contributed by atoms with Crippen molar-refractivity contribution in [3.8, 4) is 0 Å². The number of amides is 1. The minimum atomic E-state index is -1.09. The summed E-state index contributed by atoms with van der Waals surface area (Å²) in [5.74, 6) is -1.43. The van der Waals surface area contributed by atoms with Gasteiger partial charge in [0.2, 0.25) is 5.91 Å². The molecular formula is C14H12IN3O3. The van der Waals surface area contributed by atoms with E-state index in [2.05, 4.69) is 10.3 Å². The minimum absolute atomic E-state index is 0.0469. The first-order valence-electron chi connectivity index (χ1n) is 5.99. The summed E-state index contributed by atoms with van der Waals surface area (Å²) in [7, 11) is 0. The molecule has 108 valence electrons. The molecule has 0 saturated carbocycles. The first kappa shape index (κ1) is 15.2. The molecule has 0 aliphatic heterocycles. The number of carboxylic acids is 1. The van der Waals surface area contributed by atoms with Crippen LogP contribution in [0.15, 0.2) is 36.5 Å². The first-order chi connectivity index (χ1) is 9.95. The van der Waals surface area contributed by atoms with Crippen LogP contribution in [0.3, 0.4) is 0 Å². The molecule has 1 aromatic heterocycles. The van der Waals surface area contributed by atoms with Crippen molar-refractivity contribution in [2.24, 2.45) is 0 Å². The third kappa shape index (κ3) is 4.15. The maximum absolute atomic E-state index is 11.9. The number of halogens is 1. The van der Waals surface area contributed by atoms with Gasteiger partial charge in [-0.2, -0.15) is 0 Å². The number of aromatic nitrogens is 1. The maximum atomic E-state index is 11.9. The number of hydrogen-bond acceptors (Lipinski definition) is 4. The lowest BCUT2D eigenvalue weighted by atomic mass is 10.1. The second kappa shape index (κ2) is 6.53. The zero-order valence-corrected chi connectivity index (χ0v) is 13.0. The Hall–Kier alpha value is -2.16. The number of aromatic carboxylic acids is 1. The molecule has 1 aromatic carbocycles. The molecule has 0 bridgehead atoms. The first-order valence-corrected chi connectivity index (χ1v) is 7.06. The number of anilines is 2. The fourth-order valence-corrected chi connectivity index (χ4v) is 2.19. The molecule has 2 rings (SSSR count). The van der Waals surface area contributed by atoms with Crippen molar-refractivity contribution in [3.63, 3.8) is 0 Å². The average Bonchev–Trinajstić information content (AvgIpc) is 2.43. The van der Waals surface area contributed by atoms with Gasteiger partial charge in [-0.1, -0.05) is 0 Å². The Morgan fingerprint density at radius 2 is 2.05 bits per heavy atom. The van der Waals surface area contributed by atoms with E-state index in [1.165, 1.54) is 12.3 Å². The number of nitrogen functional groups attached to an aromatic ring is 1. The van der Waals surface area contributed by atoms with Crippen molar-refractivity contribution < 1.29 is 14.7 Å². The van der Waals surface area contributed by atoms with Gasteiger partial charge in [0.15, 0.2) is 0 Å². The molecule has 1 amide bonds. The van der Waals surface area contributed by atoms with E-state index in [9.17, 15) is 9.59 Å². The number of carbonyl (C=O) groups is 2. The Balaban J connectivity index is 2.12. The van der Waals surface area contributed by atoms with Crippen LogP contribution in [0.4, 0.5) is 11.4 Å². The number of carboxylic acid groups (broad SMARTS) is 1. The molecule has 1 heterocycles. The van der Waals surface area contributed by atoms with Gasteiger partial charge in [-0.3, -0.25) is 9.78 Å². The van der Waals surface area contributed by atoms with Gasteiger partial charge >= 0.3 is 5.97 Å². The topological polar surface area (TPSA) is 105 Å². The number of carbonyl (C=O) groups excluding carboxylic acids is 1. The number of nitrogens with two attached hydrogens (primary N) is 1. The van der Waals surface area contributed by atoms with Gasteiger partial charge < -0.3 is 16.2 Å². The third-order valence-electron chi connectivity index (χ3n) is 2.68. The molecular weight excluding hydrogens is 385 g/mol. The SMILES string of the molecule is Nc1ccc(CC(=O)Nc2ccc(I)cc2C(=O)O)nc1. The van der Waals surface area contributed by atoms with Crippen molar-refractivity contribution in [1.29, 1.82) is 0 Å². The van der Waals surface area contributed by atoms with Gasteiger partial charge in [0.25, 0.3) is 0 Å². The molecule has 0 atom stereocenters. The monoisotopic (exact) mass is 397 g/mol. The summed E-state index contributed by atoms with van der Waals surface area (Å²) in [5.41, 5.74) is 6.92. The van der Waals surface area contributed by atoms with Crippen LogP contribution in [0, 0.1) is 3.57 Å². The number of benzene rings is 1. The Labute approximate surface area is 134 Å². The van der Waals surface area contributed by atoms with Crippen LogP contribution in [0.1, 0.15) is 16.1 Å². The van der Waals surface area contributed by atoms with Crippen LogP contribution in [0.5, 0.6) is 0 Å². The summed E-state index contributed by atoms with van der Waals surface area (Å²) < 4.78 is 0.781. The summed E-state index contributed by atoms with van der Waals surface area (Å²) in [4.78, 5) is 27.1. The van der Waals surface area contributed by atoms with E-state index >= 15 is 0 Å². The molecule has 0 saturated heterocycles. The highest BCUT2D eigenvalue weighted by molar-refractivity contribution is 14.1. The molecule has 6 nitrogen and oxygen atoms in total. The van der Waals surface area contributed by atoms with Gasteiger partial charge in [-0.25, -0.2) is 4.79 Å². The largest absolute Gasteiger partial charge is 0.478 e. The molecule has 2 aromatic rings. The molecule has 0 spiro atoms. The lowest BCUT2D eigenvalue weighted by Crippen LogP contribution is -2.17. The Bertz CT molecular complexity index is 686. The maximum Gasteiger partial charge on any atom is 0.337 e. The van der Waals surface area contributed by atoms with E-state index in [0.717, 1.165) is 3.57 Å². The highest BCUT2D eigenvalue weighted by atomic mass is 127. The second-order valence-electron chi connectivity index (χ2n) is 4.30. The zero-order valence-electron chi connectivity index (χ0n) is 10.8. The summed E-state index contributed by atoms with van der Waals surface area (Å²) >= 11 is 2.01. The summed E-state index contributed by atoms with van der Waals surface area (Å²) in [5, 5.41) is 11.7. The standard InChI is InChI=1S/C14H12IN3O3/c15-8-1-4-12(11(5-8)14(20)21)18-13(19)6-10-3-2-9(16)7-17-10/h1-5,7H,6,16H2,(H,18,19)(H,20,21). The van der Waals surface area contributed by atoms with E-state index in [1.54, 1.807) is 24.3 Å². The predicted octanol–water partition coefficient (Wildman–Crippen LogP) is 2.15. The molecule has 0 radical (unpaired) electrons. The molecule has 0 unspecified atom stereocenters. The highest BCUT2D eigenvalue weighted by Gasteiger charge is 2.13. The van der Waals surface area contributed by atoms with Crippen molar-refractivity contribution in [1.82, 2.24) is 4.98 Å². The zero-order chi connectivity index (χ0) is 15.4. The van der Waals surface area contributed by atoms with E-state index in [4.69, 9.17) is 10.8 Å². The van der Waals surface area contributed by atoms with Gasteiger partial charge in [0.05, 0.1) is 29.6 Å². The molecule has 0 aliphatic rings. The number of nitrogens with zero attached hydrogens (tertiary/aromatic N) is 1. The van der Waals surface area contributed by atoms with Crippen LogP contribution in [-0.4, -0.2) is 22.0 Å². The van der Waals surface area contributed by atoms with Gasteiger partial charge in [-0.05, 0) is 52.9 Å². The van der Waals surface area contributed by atoms with Crippen LogP contribution in [0.25, 0.3) is 0 Å². The quantitative estimate of drug-likeness (QED) is 0.686. The molecule has 0 aliphatic carbocycles. The second-order valence-corrected chi connectivity index (χ2v) is 5.55. The number of nitrogens with one attached hydrogen (secondary N) is 1. The summed E-state index contributed by atoms with van der Waals surface area (Å²) in [6.07, 6.45) is 1.52. The minimum Gasteiger partial charge on any atom is -0.478 e. The lowest BCUT2D eigenvalue weighted by molar-refractivity contribution is -0.115. The van der Waals surface area contributed by atoms with Crippen LogP contribution in [-0.2, 0) is 11.2 Å². The van der Waals surface area contributed by atoms with E-state index < -0.39 is 5.97 Å². The normalized spacial score (nSPS) is 10.1. The van der Waals surface area contributed by atoms with E-state index in [0.29, 0.717) is 11.4 Å². The number of pyridine rings is 1. The fraction of sp³-hybridized carbons (Fsp3) is 0.0714. The lowest BCUT2D eigenvalue weighted by Gasteiger charge is -2.09. The van der Waals surface area contributed by atoms with E-state index in [-0.39, 0.29) is 23.6 Å². The van der Waals surface area contributed by atoms with Crippen LogP contribution in [0.2, 0.25) is 0 Å². The Morgan fingerprint density at radius 3 is 2.67 bits per heavy atom. The van der Waals surface area contributed by atoms with Gasteiger partial charge in [0, 0.05) is 9.26 Å². The smallest absolute Gasteiger partial charge is 0.337 e. The molecule has 4 N–H and O–H groups in total. The number of hydrogen-bond donors (Lipinski definition) is 3. The average molecular weight is 397 g/mol. The van der Waals surface area contributed by atoms with Gasteiger partial charge in [0.1, 0.15) is 0 Å². The highest BCUT2D eigenvalue weighted by Crippen LogP contribution is 2.19. The fourth-order valence-electron chi connectivity index (χ4n) is 1.70. The Kier molecular flexibility index (Phi) is 4.73. The van der Waals surface area contributed by atoms with Crippen molar-refractivity contribution in [2.75, 3.05) is 11.1 Å². The molecule has 21 heavy (non-hydrogen) atoms. The van der Waals surface area contributed by atoms with E-state index in [1.807, 2.05) is 22.6 Å². The van der Waals surface area contributed by atoms with Gasteiger partial charge in [-0.15, -0.1) is 0 Å². The summed E-state index contributed by atoms with van der Waals surface area (Å²) in [6, 6.07) is 8.10. The Morgan fingerprint density at radius 1 is 1.29 bits per heavy atom. The van der Waals surface area contributed by atoms with Crippen LogP contribution < -0.4 is 11.1 Å². The van der Waals surface area contributed by atoms with Crippen LogP contribution >= 0.6 is 22.6 Å². The summed E-state index contributed by atoms with van der Waals surface area (Å²) in [6.45, 7) is 0. The predicted molar refractivity (Wildman–Crippen MR) is 87.1 cm³/mol. The number of rotatable bonds is 4. The van der Waals surface area contributed by atoms with Crippen molar-refractivity contribution in [2.45, 2.75) is 6.42 Å². The third-order valence-corrected chi connectivity index (χ3v) is 3.35. The molecule has 7 heteroatoms. The van der Waals surface area contributed by atoms with Crippen molar-refractivity contribution in [3.05, 3.63) is 51.4 Å².